The molecule has 122 valence electrons. The minimum atomic E-state index is -3.31. The van der Waals surface area contributed by atoms with Crippen LogP contribution in [0.4, 0.5) is 0 Å². The van der Waals surface area contributed by atoms with Gasteiger partial charge < -0.3 is 0 Å². The molecule has 0 radical (unpaired) electrons. The van der Waals surface area contributed by atoms with Crippen molar-refractivity contribution in [3.05, 3.63) is 47.1 Å². The molecule has 4 rings (SSSR count). The molecule has 0 spiro atoms. The van der Waals surface area contributed by atoms with Gasteiger partial charge in [-0.3, -0.25) is 9.88 Å². The monoisotopic (exact) mass is 349 g/mol. The molecule has 2 atom stereocenters. The summed E-state index contributed by atoms with van der Waals surface area (Å²) in [6.45, 7) is 5.18. The quantitative estimate of drug-likeness (QED) is 0.847. The standard InChI is InChI=1S/C16H19N3O2S2/c1-12-4-2-5-14(17-12)10-18-8-13-9-19(15(13)11-18)23(20,21)16-6-3-7-22-16/h2-7,13,15H,8-11H2,1H3/t13-,15-/m1/s1. The average Bonchev–Trinajstić information content (AvgIpc) is 3.11. The summed E-state index contributed by atoms with van der Waals surface area (Å²) in [4.78, 5) is 6.86. The van der Waals surface area contributed by atoms with Gasteiger partial charge in [-0.2, -0.15) is 4.31 Å². The van der Waals surface area contributed by atoms with Crippen molar-refractivity contribution in [3.8, 4) is 0 Å². The SMILES string of the molecule is Cc1cccc(CN2C[C@@H]3CN(S(=O)(=O)c4cccs4)[C@@H]3C2)n1. The van der Waals surface area contributed by atoms with E-state index in [-0.39, 0.29) is 6.04 Å². The third-order valence-electron chi connectivity index (χ3n) is 4.66. The molecule has 2 aliphatic rings. The maximum atomic E-state index is 12.6. The fourth-order valence-corrected chi connectivity index (χ4v) is 6.38. The Bertz CT molecular complexity index is 804. The Morgan fingerprint density at radius 1 is 1.22 bits per heavy atom. The summed E-state index contributed by atoms with van der Waals surface area (Å²) in [5.74, 6) is 0.453. The Morgan fingerprint density at radius 3 is 2.83 bits per heavy atom. The van der Waals surface area contributed by atoms with Gasteiger partial charge in [0.1, 0.15) is 4.21 Å². The molecule has 0 unspecified atom stereocenters. The molecule has 0 aliphatic carbocycles. The molecule has 5 nitrogen and oxygen atoms in total. The highest BCUT2D eigenvalue weighted by atomic mass is 32.2. The van der Waals surface area contributed by atoms with Crippen LogP contribution in [0.25, 0.3) is 0 Å². The van der Waals surface area contributed by atoms with E-state index in [4.69, 9.17) is 0 Å². The van der Waals surface area contributed by atoms with Crippen molar-refractivity contribution in [1.29, 1.82) is 0 Å². The second-order valence-corrected chi connectivity index (χ2v) is 9.36. The van der Waals surface area contributed by atoms with Crippen molar-refractivity contribution in [2.45, 2.75) is 23.7 Å². The Balaban J connectivity index is 1.45. The number of hydrogen-bond donors (Lipinski definition) is 0. The highest BCUT2D eigenvalue weighted by Crippen LogP contribution is 2.38. The van der Waals surface area contributed by atoms with Crippen LogP contribution in [-0.2, 0) is 16.6 Å². The normalized spacial score (nSPS) is 25.3. The van der Waals surface area contributed by atoms with Crippen molar-refractivity contribution in [2.75, 3.05) is 19.6 Å². The molecule has 2 saturated heterocycles. The molecule has 23 heavy (non-hydrogen) atoms. The minimum absolute atomic E-state index is 0.118. The van der Waals surface area contributed by atoms with E-state index < -0.39 is 10.0 Å². The van der Waals surface area contributed by atoms with E-state index in [9.17, 15) is 8.42 Å². The zero-order valence-corrected chi connectivity index (χ0v) is 14.6. The number of rotatable bonds is 4. The van der Waals surface area contributed by atoms with Crippen molar-refractivity contribution in [2.24, 2.45) is 5.92 Å². The third kappa shape index (κ3) is 2.71. The summed E-state index contributed by atoms with van der Waals surface area (Å²) >= 11 is 1.29. The zero-order chi connectivity index (χ0) is 16.0. The van der Waals surface area contributed by atoms with Crippen LogP contribution in [0, 0.1) is 12.8 Å². The van der Waals surface area contributed by atoms with Gasteiger partial charge in [0.15, 0.2) is 0 Å². The fraction of sp³-hybridized carbons (Fsp3) is 0.438. The molecule has 7 heteroatoms. The van der Waals surface area contributed by atoms with Gasteiger partial charge in [0.25, 0.3) is 10.0 Å². The lowest BCUT2D eigenvalue weighted by molar-refractivity contribution is 0.148. The predicted molar refractivity (Wildman–Crippen MR) is 89.7 cm³/mol. The van der Waals surface area contributed by atoms with Crippen molar-refractivity contribution in [1.82, 2.24) is 14.2 Å². The van der Waals surface area contributed by atoms with Gasteiger partial charge in [0.2, 0.25) is 0 Å². The van der Waals surface area contributed by atoms with Crippen molar-refractivity contribution in [3.63, 3.8) is 0 Å². The largest absolute Gasteiger partial charge is 0.296 e. The maximum Gasteiger partial charge on any atom is 0.252 e. The number of thiophene rings is 1. The van der Waals surface area contributed by atoms with Gasteiger partial charge in [-0.15, -0.1) is 11.3 Å². The van der Waals surface area contributed by atoms with E-state index in [0.717, 1.165) is 31.0 Å². The van der Waals surface area contributed by atoms with E-state index in [0.29, 0.717) is 16.7 Å². The van der Waals surface area contributed by atoms with Gasteiger partial charge >= 0.3 is 0 Å². The second kappa shape index (κ2) is 5.66. The molecular weight excluding hydrogens is 330 g/mol. The first-order valence-corrected chi connectivity index (χ1v) is 10.1. The molecule has 0 saturated carbocycles. The van der Waals surface area contributed by atoms with Crippen LogP contribution in [0.2, 0.25) is 0 Å². The smallest absolute Gasteiger partial charge is 0.252 e. The van der Waals surface area contributed by atoms with Crippen LogP contribution in [0.15, 0.2) is 39.9 Å². The number of aromatic nitrogens is 1. The first-order chi connectivity index (χ1) is 11.0. The van der Waals surface area contributed by atoms with Gasteiger partial charge in [-0.1, -0.05) is 12.1 Å². The van der Waals surface area contributed by atoms with Crippen LogP contribution in [0.3, 0.4) is 0 Å². The zero-order valence-electron chi connectivity index (χ0n) is 12.9. The van der Waals surface area contributed by atoms with Crippen LogP contribution in [0.5, 0.6) is 0 Å². The minimum Gasteiger partial charge on any atom is -0.296 e. The number of pyridine rings is 1. The van der Waals surface area contributed by atoms with Gasteiger partial charge in [0, 0.05) is 43.8 Å². The lowest BCUT2D eigenvalue weighted by Gasteiger charge is -2.41. The van der Waals surface area contributed by atoms with Gasteiger partial charge in [-0.05, 0) is 30.5 Å². The summed E-state index contributed by atoms with van der Waals surface area (Å²) in [5, 5.41) is 1.81. The molecular formula is C16H19N3O2S2. The molecule has 0 aromatic carbocycles. The van der Waals surface area contributed by atoms with Crippen LogP contribution >= 0.6 is 11.3 Å². The summed E-state index contributed by atoms with van der Waals surface area (Å²) in [6.07, 6.45) is 0. The number of likely N-dealkylation sites (tertiary alicyclic amines) is 1. The Morgan fingerprint density at radius 2 is 2.09 bits per heavy atom. The lowest BCUT2D eigenvalue weighted by Crippen LogP contribution is -2.57. The summed E-state index contributed by atoms with van der Waals surface area (Å²) < 4.78 is 27.4. The van der Waals surface area contributed by atoms with Gasteiger partial charge in [-0.25, -0.2) is 8.42 Å². The Kier molecular flexibility index (Phi) is 3.76. The summed E-state index contributed by atoms with van der Waals surface area (Å²) in [7, 11) is -3.31. The van der Waals surface area contributed by atoms with Gasteiger partial charge in [0.05, 0.1) is 5.69 Å². The molecule has 2 aromatic heterocycles. The average molecular weight is 349 g/mol. The maximum absolute atomic E-state index is 12.6. The van der Waals surface area contributed by atoms with Crippen LogP contribution < -0.4 is 0 Å². The van der Waals surface area contributed by atoms with E-state index in [2.05, 4.69) is 9.88 Å². The number of sulfonamides is 1. The molecule has 0 N–H and O–H groups in total. The molecule has 0 amide bonds. The fourth-order valence-electron chi connectivity index (χ4n) is 3.52. The van der Waals surface area contributed by atoms with Crippen LogP contribution in [-0.4, -0.2) is 48.3 Å². The molecule has 2 fully saturated rings. The van der Waals surface area contributed by atoms with Crippen molar-refractivity contribution >= 4 is 21.4 Å². The summed E-state index contributed by atoms with van der Waals surface area (Å²) in [5.41, 5.74) is 2.07. The van der Waals surface area contributed by atoms with Crippen molar-refractivity contribution < 1.29 is 8.42 Å². The lowest BCUT2D eigenvalue weighted by atomic mass is 9.96. The summed E-state index contributed by atoms with van der Waals surface area (Å²) in [6, 6.07) is 9.65. The molecule has 2 aromatic rings. The first-order valence-electron chi connectivity index (χ1n) is 7.74. The molecule has 0 bridgehead atoms. The highest BCUT2D eigenvalue weighted by molar-refractivity contribution is 7.91. The number of aryl methyl sites for hydroxylation is 1. The Labute approximate surface area is 140 Å². The number of fused-ring (bicyclic) bond motifs is 1. The van der Waals surface area contributed by atoms with Crippen LogP contribution in [0.1, 0.15) is 11.4 Å². The highest BCUT2D eigenvalue weighted by Gasteiger charge is 2.51. The third-order valence-corrected chi connectivity index (χ3v) is 7.92. The topological polar surface area (TPSA) is 53.5 Å². The van der Waals surface area contributed by atoms with E-state index in [1.165, 1.54) is 11.3 Å². The van der Waals surface area contributed by atoms with E-state index >= 15 is 0 Å². The van der Waals surface area contributed by atoms with E-state index in [1.807, 2.05) is 30.5 Å². The number of hydrogen-bond acceptors (Lipinski definition) is 5. The molecule has 4 heterocycles. The Hall–Kier alpha value is -1.28. The molecule has 2 aliphatic heterocycles. The number of nitrogens with zero attached hydrogens (tertiary/aromatic N) is 3. The second-order valence-electron chi connectivity index (χ2n) is 6.30. The predicted octanol–water partition coefficient (Wildman–Crippen LogP) is 1.96. The first kappa shape index (κ1) is 15.3. The van der Waals surface area contributed by atoms with E-state index in [1.54, 1.807) is 16.4 Å².